The molecule has 4 heteroatoms. The van der Waals surface area contributed by atoms with Gasteiger partial charge in [-0.15, -0.1) is 0 Å². The van der Waals surface area contributed by atoms with Gasteiger partial charge in [-0.3, -0.25) is 0 Å². The molecule has 1 aliphatic heterocycles. The molecule has 0 amide bonds. The van der Waals surface area contributed by atoms with Gasteiger partial charge in [0.2, 0.25) is 0 Å². The number of hydrogen-bond donors (Lipinski definition) is 0. The van der Waals surface area contributed by atoms with Crippen LogP contribution >= 0.6 is 0 Å². The van der Waals surface area contributed by atoms with E-state index in [1.54, 1.807) is 18.2 Å². The summed E-state index contributed by atoms with van der Waals surface area (Å²) in [5.41, 5.74) is -1.53. The van der Waals surface area contributed by atoms with Crippen molar-refractivity contribution in [2.24, 2.45) is 0 Å². The molecule has 2 aromatic rings. The second-order valence-electron chi connectivity index (χ2n) is 4.63. The average molecular weight is 252 g/mol. The summed E-state index contributed by atoms with van der Waals surface area (Å²) < 4.78 is 44.3. The molecule has 0 atom stereocenters. The van der Waals surface area contributed by atoms with Crippen molar-refractivity contribution in [1.29, 1.82) is 0 Å². The summed E-state index contributed by atoms with van der Waals surface area (Å²) in [6, 6.07) is 12.3. The van der Waals surface area contributed by atoms with Gasteiger partial charge in [-0.05, 0) is 16.3 Å². The van der Waals surface area contributed by atoms with E-state index < -0.39 is 11.6 Å². The van der Waals surface area contributed by atoms with Crippen molar-refractivity contribution in [3.05, 3.63) is 48.0 Å². The molecule has 2 aromatic carbocycles. The largest absolute Gasteiger partial charge is 0.402 e. The molecule has 3 rings (SSSR count). The van der Waals surface area contributed by atoms with Gasteiger partial charge in [-0.2, -0.15) is 13.2 Å². The molecule has 0 radical (unpaired) electrons. The Morgan fingerprint density at radius 2 is 1.61 bits per heavy atom. The second-order valence-corrected chi connectivity index (χ2v) is 4.63. The van der Waals surface area contributed by atoms with E-state index in [0.717, 1.165) is 10.8 Å². The molecule has 1 nitrogen and oxygen atoms in total. The van der Waals surface area contributed by atoms with E-state index in [4.69, 9.17) is 4.74 Å². The first kappa shape index (κ1) is 11.5. The molecule has 94 valence electrons. The SMILES string of the molecule is FC(F)(F)C1(c2ccc3ccccc3c2)COC1. The third kappa shape index (κ3) is 1.52. The van der Waals surface area contributed by atoms with E-state index in [1.807, 2.05) is 24.3 Å². The highest BCUT2D eigenvalue weighted by Gasteiger charge is 2.61. The number of ether oxygens (including phenoxy) is 1. The maximum atomic E-state index is 13.2. The molecule has 0 saturated carbocycles. The zero-order chi connectivity index (χ0) is 12.8. The van der Waals surface area contributed by atoms with Crippen LogP contribution in [0.3, 0.4) is 0 Å². The summed E-state index contributed by atoms with van der Waals surface area (Å²) in [4.78, 5) is 0. The van der Waals surface area contributed by atoms with Gasteiger partial charge in [0.1, 0.15) is 5.41 Å². The van der Waals surface area contributed by atoms with E-state index in [0.29, 0.717) is 5.56 Å². The van der Waals surface area contributed by atoms with Crippen molar-refractivity contribution in [3.8, 4) is 0 Å². The van der Waals surface area contributed by atoms with E-state index >= 15 is 0 Å². The molecule has 0 aliphatic carbocycles. The number of alkyl halides is 3. The molecule has 0 bridgehead atoms. The normalized spacial score (nSPS) is 18.6. The fourth-order valence-electron chi connectivity index (χ4n) is 2.29. The number of benzene rings is 2. The van der Waals surface area contributed by atoms with Crippen LogP contribution in [0.25, 0.3) is 10.8 Å². The summed E-state index contributed by atoms with van der Waals surface area (Å²) in [6.07, 6.45) is -4.27. The van der Waals surface area contributed by atoms with Crippen LogP contribution in [0.15, 0.2) is 42.5 Å². The van der Waals surface area contributed by atoms with Crippen LogP contribution in [0, 0.1) is 0 Å². The maximum absolute atomic E-state index is 13.2. The highest BCUT2D eigenvalue weighted by molar-refractivity contribution is 5.83. The molecule has 18 heavy (non-hydrogen) atoms. The van der Waals surface area contributed by atoms with Crippen molar-refractivity contribution in [2.75, 3.05) is 13.2 Å². The van der Waals surface area contributed by atoms with Crippen LogP contribution in [0.4, 0.5) is 13.2 Å². The van der Waals surface area contributed by atoms with Crippen LogP contribution in [0.5, 0.6) is 0 Å². The van der Waals surface area contributed by atoms with E-state index in [1.165, 1.54) is 0 Å². The summed E-state index contributed by atoms with van der Waals surface area (Å²) in [5, 5.41) is 1.77. The lowest BCUT2D eigenvalue weighted by Crippen LogP contribution is -2.57. The highest BCUT2D eigenvalue weighted by atomic mass is 19.4. The molecule has 0 aromatic heterocycles. The lowest BCUT2D eigenvalue weighted by Gasteiger charge is -2.43. The van der Waals surface area contributed by atoms with Gasteiger partial charge < -0.3 is 4.74 Å². The third-order valence-corrected chi connectivity index (χ3v) is 3.54. The summed E-state index contributed by atoms with van der Waals surface area (Å²) in [5.74, 6) is 0. The summed E-state index contributed by atoms with van der Waals surface area (Å²) in [6.45, 7) is -0.566. The molecular formula is C14H11F3O. The van der Waals surface area contributed by atoms with E-state index in [2.05, 4.69) is 0 Å². The van der Waals surface area contributed by atoms with Crippen LogP contribution in [0.2, 0.25) is 0 Å². The van der Waals surface area contributed by atoms with Crippen molar-refractivity contribution < 1.29 is 17.9 Å². The van der Waals surface area contributed by atoms with Crippen LogP contribution < -0.4 is 0 Å². The second kappa shape index (κ2) is 3.72. The minimum atomic E-state index is -4.27. The number of halogens is 3. The standard InChI is InChI=1S/C14H11F3O/c15-14(16,17)13(8-18-9-13)12-6-5-10-3-1-2-4-11(10)7-12/h1-7H,8-9H2. The first-order valence-corrected chi connectivity index (χ1v) is 5.67. The summed E-state index contributed by atoms with van der Waals surface area (Å²) >= 11 is 0. The third-order valence-electron chi connectivity index (χ3n) is 3.54. The monoisotopic (exact) mass is 252 g/mol. The molecule has 1 heterocycles. The molecule has 1 aliphatic rings. The van der Waals surface area contributed by atoms with Crippen LogP contribution in [0.1, 0.15) is 5.56 Å². The predicted octanol–water partition coefficient (Wildman–Crippen LogP) is 3.67. The number of hydrogen-bond acceptors (Lipinski definition) is 1. The molecular weight excluding hydrogens is 241 g/mol. The first-order chi connectivity index (χ1) is 8.53. The predicted molar refractivity (Wildman–Crippen MR) is 62.5 cm³/mol. The zero-order valence-electron chi connectivity index (χ0n) is 9.50. The van der Waals surface area contributed by atoms with Gasteiger partial charge >= 0.3 is 6.18 Å². The van der Waals surface area contributed by atoms with Gasteiger partial charge in [-0.1, -0.05) is 42.5 Å². The van der Waals surface area contributed by atoms with Crippen molar-refractivity contribution in [1.82, 2.24) is 0 Å². The van der Waals surface area contributed by atoms with E-state index in [9.17, 15) is 13.2 Å². The van der Waals surface area contributed by atoms with Crippen molar-refractivity contribution in [3.63, 3.8) is 0 Å². The maximum Gasteiger partial charge on any atom is 0.402 e. The Morgan fingerprint density at radius 1 is 0.944 bits per heavy atom. The van der Waals surface area contributed by atoms with Crippen molar-refractivity contribution >= 4 is 10.8 Å². The number of rotatable bonds is 1. The Balaban J connectivity index is 2.14. The van der Waals surface area contributed by atoms with Gasteiger partial charge in [-0.25, -0.2) is 0 Å². The van der Waals surface area contributed by atoms with Gasteiger partial charge in [0.25, 0.3) is 0 Å². The fourth-order valence-corrected chi connectivity index (χ4v) is 2.29. The van der Waals surface area contributed by atoms with Crippen LogP contribution in [-0.4, -0.2) is 19.4 Å². The Hall–Kier alpha value is -1.55. The highest BCUT2D eigenvalue weighted by Crippen LogP contribution is 2.46. The lowest BCUT2D eigenvalue weighted by atomic mass is 9.77. The Labute approximate surface area is 102 Å². The molecule has 0 N–H and O–H groups in total. The average Bonchev–Trinajstić information content (AvgIpc) is 2.25. The molecule has 0 unspecified atom stereocenters. The molecule has 1 saturated heterocycles. The first-order valence-electron chi connectivity index (χ1n) is 5.67. The smallest absolute Gasteiger partial charge is 0.379 e. The Morgan fingerprint density at radius 3 is 2.17 bits per heavy atom. The molecule has 0 spiro atoms. The quantitative estimate of drug-likeness (QED) is 0.752. The van der Waals surface area contributed by atoms with Gasteiger partial charge in [0.15, 0.2) is 0 Å². The van der Waals surface area contributed by atoms with Crippen molar-refractivity contribution in [2.45, 2.75) is 11.6 Å². The molecule has 1 fully saturated rings. The minimum absolute atomic E-state index is 0.283. The Bertz CT molecular complexity index is 585. The van der Waals surface area contributed by atoms with E-state index in [-0.39, 0.29) is 13.2 Å². The zero-order valence-corrected chi connectivity index (χ0v) is 9.50. The van der Waals surface area contributed by atoms with Gasteiger partial charge in [0, 0.05) is 0 Å². The number of fused-ring (bicyclic) bond motifs is 1. The topological polar surface area (TPSA) is 9.23 Å². The lowest BCUT2D eigenvalue weighted by molar-refractivity contribution is -0.262. The minimum Gasteiger partial charge on any atom is -0.379 e. The summed E-state index contributed by atoms with van der Waals surface area (Å²) in [7, 11) is 0. The Kier molecular flexibility index (Phi) is 2.38. The van der Waals surface area contributed by atoms with Crippen LogP contribution in [-0.2, 0) is 10.2 Å². The fraction of sp³-hybridized carbons (Fsp3) is 0.286. The van der Waals surface area contributed by atoms with Gasteiger partial charge in [0.05, 0.1) is 13.2 Å².